The van der Waals surface area contributed by atoms with Crippen molar-refractivity contribution in [2.75, 3.05) is 0 Å². The Bertz CT molecular complexity index is 478. The minimum atomic E-state index is -0.254. The third-order valence-electron chi connectivity index (χ3n) is 1.78. The average Bonchev–Trinajstić information content (AvgIpc) is 2.07. The van der Waals surface area contributed by atoms with E-state index in [9.17, 15) is 4.79 Å². The molecule has 60 valence electrons. The smallest absolute Gasteiger partial charge is 0.540 e. The Morgan fingerprint density at radius 1 is 1.38 bits per heavy atom. The summed E-state index contributed by atoms with van der Waals surface area (Å²) in [4.78, 5) is 11.2. The molecule has 3 nitrogen and oxygen atoms in total. The Hall–Kier alpha value is 0.165. The molecule has 0 aliphatic carbocycles. The van der Waals surface area contributed by atoms with Crippen LogP contribution in [-0.4, -0.2) is 5.10 Å². The summed E-state index contributed by atoms with van der Waals surface area (Å²) in [5.41, 5.74) is 0.809. The monoisotopic (exact) mass is 244 g/mol. The number of rotatable bonds is 0. The predicted molar refractivity (Wildman–Crippen MR) is 46.1 cm³/mol. The molecule has 1 aromatic carbocycles. The summed E-state index contributed by atoms with van der Waals surface area (Å²) in [7, 11) is 0. The molecule has 0 aliphatic rings. The van der Waals surface area contributed by atoms with Gasteiger partial charge in [0.25, 0.3) is 0 Å². The fourth-order valence-corrected chi connectivity index (χ4v) is 1.17. The molecule has 0 N–H and O–H groups in total. The molecule has 2 rings (SSSR count). The van der Waals surface area contributed by atoms with Gasteiger partial charge in [-0.1, -0.05) is 17.7 Å². The van der Waals surface area contributed by atoms with E-state index in [4.69, 9.17) is 0 Å². The molecule has 1 heterocycles. The number of nitrogens with zero attached hydrogens (tertiary/aromatic N) is 2. The first-order valence-corrected chi connectivity index (χ1v) is 3.66. The average molecular weight is 245 g/mol. The summed E-state index contributed by atoms with van der Waals surface area (Å²) >= 11 is 0. The van der Waals surface area contributed by atoms with Crippen molar-refractivity contribution in [3.63, 3.8) is 0 Å². The molecule has 1 aromatic heterocycles. The second kappa shape index (κ2) is 4.60. The fraction of sp³-hybridized carbons (Fsp3) is 0.111. The molecule has 0 spiro atoms. The largest absolute Gasteiger partial charge is 1.00 e. The van der Waals surface area contributed by atoms with Gasteiger partial charge >= 0.3 is 58.2 Å². The van der Waals surface area contributed by atoms with E-state index in [1.165, 1.54) is 0 Å². The summed E-state index contributed by atoms with van der Waals surface area (Å²) in [6, 6.07) is 5.65. The van der Waals surface area contributed by atoms with Crippen LogP contribution in [0.3, 0.4) is 0 Å². The van der Waals surface area contributed by atoms with Gasteiger partial charge in [0.05, 0.1) is 5.56 Å². The standard InChI is InChI=1S/C9H8N2O.Rb/c1-6-2-3-7-5-10-11-9(12)8(7)4-6;/h2-5H,1H3,(H,11,12);/q;+1/p-1. The van der Waals surface area contributed by atoms with Gasteiger partial charge in [0, 0.05) is 17.0 Å². The van der Waals surface area contributed by atoms with Crippen LogP contribution < -0.4 is 68.8 Å². The van der Waals surface area contributed by atoms with E-state index < -0.39 is 0 Å². The van der Waals surface area contributed by atoms with E-state index in [1.54, 1.807) is 6.20 Å². The number of fused-ring (bicyclic) bond motifs is 1. The summed E-state index contributed by atoms with van der Waals surface area (Å²) in [5, 5.41) is 8.51. The maximum Gasteiger partial charge on any atom is 1.00 e. The molecule has 0 unspecified atom stereocenters. The van der Waals surface area contributed by atoms with Gasteiger partial charge in [0.15, 0.2) is 0 Å². The second-order valence-electron chi connectivity index (χ2n) is 2.74. The Morgan fingerprint density at radius 3 is 2.92 bits per heavy atom. The zero-order valence-electron chi connectivity index (χ0n) is 7.61. The Labute approximate surface area is 124 Å². The summed E-state index contributed by atoms with van der Waals surface area (Å²) in [6.45, 7) is 1.94. The first-order chi connectivity index (χ1) is 5.77. The number of aryl methyl sites for hydroxylation is 1. The normalized spacial score (nSPS) is 9.62. The third-order valence-corrected chi connectivity index (χ3v) is 1.78. The van der Waals surface area contributed by atoms with Crippen molar-refractivity contribution < 1.29 is 58.2 Å². The minimum absolute atomic E-state index is 0. The van der Waals surface area contributed by atoms with Crippen LogP contribution in [0.5, 0.6) is 0 Å². The van der Waals surface area contributed by atoms with E-state index in [0.717, 1.165) is 10.9 Å². The minimum Gasteiger partial charge on any atom is -0.540 e. The van der Waals surface area contributed by atoms with Crippen LogP contribution in [-0.2, 0) is 0 Å². The molecular weight excluding hydrogens is 238 g/mol. The predicted octanol–water partition coefficient (Wildman–Crippen LogP) is -2.14. The van der Waals surface area contributed by atoms with Gasteiger partial charge in [-0.3, -0.25) is 0 Å². The van der Waals surface area contributed by atoms with Gasteiger partial charge in [0.1, 0.15) is 0 Å². The van der Waals surface area contributed by atoms with Crippen molar-refractivity contribution >= 4 is 10.8 Å². The molecule has 0 saturated carbocycles. The maximum atomic E-state index is 11.2. The third kappa shape index (κ3) is 2.34. The SMILES string of the molecule is Cc1ccc2cn[n-]c(=O)c2c1.[Rb+]. The topological polar surface area (TPSA) is 44.1 Å². The van der Waals surface area contributed by atoms with Crippen molar-refractivity contribution in [2.24, 2.45) is 0 Å². The Kier molecular flexibility index (Phi) is 3.97. The first kappa shape index (κ1) is 11.2. The number of benzene rings is 1. The molecule has 0 fully saturated rings. The maximum absolute atomic E-state index is 11.2. The first-order valence-electron chi connectivity index (χ1n) is 3.66. The Morgan fingerprint density at radius 2 is 2.15 bits per heavy atom. The Balaban J connectivity index is 0.000000845. The number of aromatic nitrogens is 2. The van der Waals surface area contributed by atoms with Crippen LogP contribution in [0, 0.1) is 6.92 Å². The van der Waals surface area contributed by atoms with Gasteiger partial charge < -0.3 is 15.0 Å². The zero-order chi connectivity index (χ0) is 8.55. The molecule has 2 aromatic rings. The summed E-state index contributed by atoms with van der Waals surface area (Å²) in [5.74, 6) is 0. The molecule has 0 saturated heterocycles. The number of hydrogen-bond acceptors (Lipinski definition) is 2. The van der Waals surface area contributed by atoms with Crippen LogP contribution in [0.1, 0.15) is 5.56 Å². The van der Waals surface area contributed by atoms with Crippen LogP contribution >= 0.6 is 0 Å². The molecule has 4 heteroatoms. The fourth-order valence-electron chi connectivity index (χ4n) is 1.17. The van der Waals surface area contributed by atoms with Crippen molar-refractivity contribution in [2.45, 2.75) is 6.92 Å². The van der Waals surface area contributed by atoms with Gasteiger partial charge in [-0.2, -0.15) is 0 Å². The summed E-state index contributed by atoms with van der Waals surface area (Å²) < 4.78 is 0. The van der Waals surface area contributed by atoms with Crippen molar-refractivity contribution in [1.82, 2.24) is 10.2 Å². The van der Waals surface area contributed by atoms with Gasteiger partial charge in [-0.25, -0.2) is 0 Å². The molecule has 0 atom stereocenters. The zero-order valence-corrected chi connectivity index (χ0v) is 12.5. The molecule has 0 aliphatic heterocycles. The van der Waals surface area contributed by atoms with E-state index in [1.807, 2.05) is 25.1 Å². The number of hydrogen-bond donors (Lipinski definition) is 0. The molecule has 0 amide bonds. The van der Waals surface area contributed by atoms with Gasteiger partial charge in [-0.05, 0) is 13.0 Å². The molecular formula is C9H7N2ORb. The molecule has 0 radical (unpaired) electrons. The second-order valence-corrected chi connectivity index (χ2v) is 2.74. The van der Waals surface area contributed by atoms with E-state index in [-0.39, 0.29) is 63.7 Å². The molecule has 0 bridgehead atoms. The van der Waals surface area contributed by atoms with Crippen LogP contribution in [0.15, 0.2) is 29.2 Å². The van der Waals surface area contributed by atoms with Gasteiger partial charge in [0.2, 0.25) is 0 Å². The van der Waals surface area contributed by atoms with Crippen LogP contribution in [0.25, 0.3) is 10.8 Å². The van der Waals surface area contributed by atoms with Crippen molar-refractivity contribution in [1.29, 1.82) is 0 Å². The van der Waals surface area contributed by atoms with E-state index in [0.29, 0.717) is 5.39 Å². The van der Waals surface area contributed by atoms with E-state index in [2.05, 4.69) is 10.2 Å². The molecule has 13 heavy (non-hydrogen) atoms. The van der Waals surface area contributed by atoms with Crippen molar-refractivity contribution in [3.8, 4) is 0 Å². The van der Waals surface area contributed by atoms with Crippen LogP contribution in [0.4, 0.5) is 0 Å². The van der Waals surface area contributed by atoms with E-state index >= 15 is 0 Å². The van der Waals surface area contributed by atoms with Crippen molar-refractivity contribution in [3.05, 3.63) is 40.3 Å². The quantitative estimate of drug-likeness (QED) is 0.532. The summed E-state index contributed by atoms with van der Waals surface area (Å²) in [6.07, 6.45) is 1.59. The van der Waals surface area contributed by atoms with Crippen LogP contribution in [0.2, 0.25) is 0 Å². The van der Waals surface area contributed by atoms with Gasteiger partial charge in [-0.15, -0.1) is 0 Å².